The van der Waals surface area contributed by atoms with Gasteiger partial charge in [-0.15, -0.1) is 0 Å². The van der Waals surface area contributed by atoms with Crippen molar-refractivity contribution in [1.82, 2.24) is 10.3 Å². The highest BCUT2D eigenvalue weighted by Crippen LogP contribution is 2.21. The molecule has 0 saturated carbocycles. The number of nitrogens with zero attached hydrogens (tertiary/aromatic N) is 1. The molecule has 0 aliphatic heterocycles. The van der Waals surface area contributed by atoms with E-state index in [1.54, 1.807) is 25.1 Å². The number of amides is 1. The number of fused-ring (bicyclic) bond motifs is 1. The summed E-state index contributed by atoms with van der Waals surface area (Å²) >= 11 is 0. The molecule has 1 heterocycles. The van der Waals surface area contributed by atoms with Crippen LogP contribution in [0.2, 0.25) is 0 Å². The maximum Gasteiger partial charge on any atom is 0.412 e. The molecule has 0 aliphatic rings. The molecular weight excluding hydrogens is 232 g/mol. The fourth-order valence-electron chi connectivity index (χ4n) is 1.51. The Morgan fingerprint density at radius 3 is 3.00 bits per heavy atom. The highest BCUT2D eigenvalue weighted by Gasteiger charge is 2.08. The summed E-state index contributed by atoms with van der Waals surface area (Å²) in [6.07, 6.45) is -0.459. The number of nitrogens with one attached hydrogen (secondary N) is 1. The molecule has 0 aliphatic carbocycles. The van der Waals surface area contributed by atoms with E-state index in [0.29, 0.717) is 29.7 Å². The van der Waals surface area contributed by atoms with Crippen LogP contribution in [0, 0.1) is 12.8 Å². The first-order chi connectivity index (χ1) is 8.54. The Balaban J connectivity index is 2.05. The van der Waals surface area contributed by atoms with Gasteiger partial charge in [0, 0.05) is 19.5 Å². The summed E-state index contributed by atoms with van der Waals surface area (Å²) in [5, 5.41) is 2.68. The molecule has 2 aromatic rings. The average molecular weight is 248 g/mol. The minimum absolute atomic E-state index is 0.386. The Morgan fingerprint density at radius 1 is 1.50 bits per heavy atom. The van der Waals surface area contributed by atoms with Crippen molar-refractivity contribution >= 4 is 17.2 Å². The lowest BCUT2D eigenvalue weighted by molar-refractivity contribution is 0.199. The fourth-order valence-corrected chi connectivity index (χ4v) is 1.51. The summed E-state index contributed by atoms with van der Waals surface area (Å²) < 4.78 is 10.5. The summed E-state index contributed by atoms with van der Waals surface area (Å²) in [5.74, 6) is 1.42. The van der Waals surface area contributed by atoms with Gasteiger partial charge >= 0.3 is 6.09 Å². The monoisotopic (exact) mass is 248 g/mol. The van der Waals surface area contributed by atoms with Crippen LogP contribution >= 0.6 is 0 Å². The van der Waals surface area contributed by atoms with Crippen molar-refractivity contribution in [3.05, 3.63) is 24.1 Å². The molecule has 1 amide bonds. The lowest BCUT2D eigenvalue weighted by Crippen LogP contribution is -2.30. The number of carbonyl (C=O) groups excluding carboxylic acids is 1. The van der Waals surface area contributed by atoms with E-state index in [-0.39, 0.29) is 0 Å². The van der Waals surface area contributed by atoms with E-state index in [9.17, 15) is 4.79 Å². The normalized spacial score (nSPS) is 10.9. The summed E-state index contributed by atoms with van der Waals surface area (Å²) in [6.45, 7) is 6.39. The molecule has 0 unspecified atom stereocenters. The van der Waals surface area contributed by atoms with Crippen molar-refractivity contribution in [2.45, 2.75) is 20.8 Å². The Morgan fingerprint density at radius 2 is 2.28 bits per heavy atom. The van der Waals surface area contributed by atoms with E-state index in [2.05, 4.69) is 10.3 Å². The van der Waals surface area contributed by atoms with Crippen molar-refractivity contribution in [1.29, 1.82) is 0 Å². The van der Waals surface area contributed by atoms with Crippen LogP contribution in [0.1, 0.15) is 19.7 Å². The molecule has 18 heavy (non-hydrogen) atoms. The lowest BCUT2D eigenvalue weighted by atomic mass is 10.2. The molecular formula is C13H16N2O3. The average Bonchev–Trinajstić information content (AvgIpc) is 2.66. The summed E-state index contributed by atoms with van der Waals surface area (Å²) in [6, 6.07) is 5.11. The molecule has 0 atom stereocenters. The molecule has 1 N–H and O–H groups in total. The van der Waals surface area contributed by atoms with Crippen molar-refractivity contribution in [3.63, 3.8) is 0 Å². The first-order valence-corrected chi connectivity index (χ1v) is 5.87. The third-order valence-electron chi connectivity index (χ3n) is 2.33. The van der Waals surface area contributed by atoms with Crippen molar-refractivity contribution < 1.29 is 13.9 Å². The van der Waals surface area contributed by atoms with Crippen molar-refractivity contribution in [2.24, 2.45) is 5.92 Å². The van der Waals surface area contributed by atoms with Gasteiger partial charge in [0.05, 0.1) is 0 Å². The second kappa shape index (κ2) is 5.08. The van der Waals surface area contributed by atoms with Crippen LogP contribution in [0.5, 0.6) is 5.75 Å². The van der Waals surface area contributed by atoms with Crippen LogP contribution in [-0.2, 0) is 0 Å². The van der Waals surface area contributed by atoms with Gasteiger partial charge in [0.15, 0.2) is 11.5 Å². The van der Waals surface area contributed by atoms with E-state index in [1.807, 2.05) is 13.8 Å². The molecule has 96 valence electrons. The fraction of sp³-hybridized carbons (Fsp3) is 0.385. The maximum absolute atomic E-state index is 11.5. The predicted octanol–water partition coefficient (Wildman–Crippen LogP) is 2.88. The molecule has 1 aromatic carbocycles. The number of hydrogen-bond donors (Lipinski definition) is 1. The number of carbonyl (C=O) groups is 1. The summed E-state index contributed by atoms with van der Waals surface area (Å²) in [7, 11) is 0. The van der Waals surface area contributed by atoms with Crippen LogP contribution < -0.4 is 10.1 Å². The van der Waals surface area contributed by atoms with Gasteiger partial charge in [0.1, 0.15) is 11.3 Å². The molecule has 5 heteroatoms. The molecule has 1 aromatic heterocycles. The first-order valence-electron chi connectivity index (χ1n) is 5.87. The van der Waals surface area contributed by atoms with E-state index in [1.165, 1.54) is 0 Å². The SMILES string of the molecule is Cc1nc2ccc(OC(=O)NCC(C)C)cc2o1. The Labute approximate surface area is 105 Å². The van der Waals surface area contributed by atoms with E-state index in [4.69, 9.17) is 9.15 Å². The van der Waals surface area contributed by atoms with Crippen molar-refractivity contribution in [3.8, 4) is 5.75 Å². The van der Waals surface area contributed by atoms with Crippen LogP contribution in [0.3, 0.4) is 0 Å². The predicted molar refractivity (Wildman–Crippen MR) is 67.6 cm³/mol. The van der Waals surface area contributed by atoms with E-state index < -0.39 is 6.09 Å². The molecule has 0 spiro atoms. The minimum Gasteiger partial charge on any atom is -0.441 e. The molecule has 0 bridgehead atoms. The van der Waals surface area contributed by atoms with Gasteiger partial charge in [0.25, 0.3) is 0 Å². The number of ether oxygens (including phenoxy) is 1. The zero-order chi connectivity index (χ0) is 13.1. The first kappa shape index (κ1) is 12.4. The van der Waals surface area contributed by atoms with Gasteiger partial charge in [-0.1, -0.05) is 13.8 Å². The number of aromatic nitrogens is 1. The highest BCUT2D eigenvalue weighted by molar-refractivity contribution is 5.76. The van der Waals surface area contributed by atoms with Crippen LogP contribution in [0.25, 0.3) is 11.1 Å². The summed E-state index contributed by atoms with van der Waals surface area (Å²) in [5.41, 5.74) is 1.36. The van der Waals surface area contributed by atoms with Gasteiger partial charge < -0.3 is 14.5 Å². The number of benzene rings is 1. The van der Waals surface area contributed by atoms with Gasteiger partial charge in [-0.25, -0.2) is 9.78 Å². The Hall–Kier alpha value is -2.04. The van der Waals surface area contributed by atoms with Gasteiger partial charge in [-0.05, 0) is 18.1 Å². The van der Waals surface area contributed by atoms with Gasteiger partial charge in [-0.2, -0.15) is 0 Å². The molecule has 0 radical (unpaired) electrons. The Bertz CT molecular complexity index is 560. The number of rotatable bonds is 3. The molecule has 0 fully saturated rings. The van der Waals surface area contributed by atoms with Crippen molar-refractivity contribution in [2.75, 3.05) is 6.54 Å². The molecule has 2 rings (SSSR count). The largest absolute Gasteiger partial charge is 0.441 e. The van der Waals surface area contributed by atoms with E-state index >= 15 is 0 Å². The van der Waals surface area contributed by atoms with Crippen LogP contribution in [-0.4, -0.2) is 17.6 Å². The topological polar surface area (TPSA) is 64.4 Å². The zero-order valence-electron chi connectivity index (χ0n) is 10.7. The molecule has 0 saturated heterocycles. The number of hydrogen-bond acceptors (Lipinski definition) is 4. The van der Waals surface area contributed by atoms with Gasteiger partial charge in [0.2, 0.25) is 0 Å². The molecule has 5 nitrogen and oxygen atoms in total. The van der Waals surface area contributed by atoms with Crippen LogP contribution in [0.15, 0.2) is 22.6 Å². The smallest absolute Gasteiger partial charge is 0.412 e. The van der Waals surface area contributed by atoms with Gasteiger partial charge in [-0.3, -0.25) is 0 Å². The van der Waals surface area contributed by atoms with E-state index in [0.717, 1.165) is 5.52 Å². The quantitative estimate of drug-likeness (QED) is 0.907. The zero-order valence-corrected chi connectivity index (χ0v) is 10.7. The standard InChI is InChI=1S/C13H16N2O3/c1-8(2)7-14-13(16)18-10-4-5-11-12(6-10)17-9(3)15-11/h4-6,8H,7H2,1-3H3,(H,14,16). The highest BCUT2D eigenvalue weighted by atomic mass is 16.6. The second-order valence-electron chi connectivity index (χ2n) is 4.53. The van der Waals surface area contributed by atoms with Crippen LogP contribution in [0.4, 0.5) is 4.79 Å². The summed E-state index contributed by atoms with van der Waals surface area (Å²) in [4.78, 5) is 15.6. The maximum atomic E-state index is 11.5. The number of oxazole rings is 1. The third kappa shape index (κ3) is 3.00. The minimum atomic E-state index is -0.459. The third-order valence-corrected chi connectivity index (χ3v) is 2.33. The number of aryl methyl sites for hydroxylation is 1. The second-order valence-corrected chi connectivity index (χ2v) is 4.53. The Kier molecular flexibility index (Phi) is 3.50. The lowest BCUT2D eigenvalue weighted by Gasteiger charge is -2.07.